The van der Waals surface area contributed by atoms with E-state index in [0.717, 1.165) is 25.7 Å². The largest absolute Gasteiger partial charge is 0.481 e. The summed E-state index contributed by atoms with van der Waals surface area (Å²) in [4.78, 5) is 10.6. The molecule has 0 atom stereocenters. The first-order valence-electron chi connectivity index (χ1n) is 5.60. The van der Waals surface area contributed by atoms with Gasteiger partial charge in [0.2, 0.25) is 0 Å². The number of aliphatic carboxylic acids is 1. The van der Waals surface area contributed by atoms with E-state index in [2.05, 4.69) is 17.0 Å². The van der Waals surface area contributed by atoms with Crippen molar-refractivity contribution in [3.8, 4) is 0 Å². The Morgan fingerprint density at radius 2 is 1.80 bits per heavy atom. The van der Waals surface area contributed by atoms with Gasteiger partial charge in [0.25, 0.3) is 0 Å². The van der Waals surface area contributed by atoms with Crippen molar-refractivity contribution in [1.29, 1.82) is 0 Å². The van der Waals surface area contributed by atoms with E-state index in [1.165, 1.54) is 0 Å². The van der Waals surface area contributed by atoms with Crippen LogP contribution in [0.5, 0.6) is 0 Å². The summed E-state index contributed by atoms with van der Waals surface area (Å²) >= 11 is 0. The molecule has 0 saturated heterocycles. The molecule has 1 heterocycles. The summed E-state index contributed by atoms with van der Waals surface area (Å²) in [5, 5.41) is 8.71. The minimum atomic E-state index is -0.653. The third-order valence-corrected chi connectivity index (χ3v) is 3.33. The summed E-state index contributed by atoms with van der Waals surface area (Å²) in [5.41, 5.74) is 0. The summed E-state index contributed by atoms with van der Waals surface area (Å²) in [7, 11) is 0. The van der Waals surface area contributed by atoms with Crippen molar-refractivity contribution in [2.45, 2.75) is 38.1 Å². The normalized spacial score (nSPS) is 26.4. The number of hydrogen-bond acceptors (Lipinski definition) is 1. The molecule has 1 aromatic heterocycles. The highest BCUT2D eigenvalue weighted by Gasteiger charge is 2.23. The average molecular weight is 207 g/mol. The molecule has 1 aromatic rings. The predicted molar refractivity (Wildman–Crippen MR) is 57.7 cm³/mol. The molecule has 1 N–H and O–H groups in total. The Morgan fingerprint density at radius 1 is 1.20 bits per heavy atom. The molecule has 82 valence electrons. The molecule has 3 nitrogen and oxygen atoms in total. The molecule has 0 bridgehead atoms. The molecule has 3 heteroatoms. The quantitative estimate of drug-likeness (QED) is 0.828. The molecular weight excluding hydrogens is 190 g/mol. The SMILES string of the molecule is O=C(O)CC1CCC(n2cccc2)CC1. The molecule has 1 fully saturated rings. The van der Waals surface area contributed by atoms with Gasteiger partial charge in [0, 0.05) is 24.9 Å². The van der Waals surface area contributed by atoms with E-state index < -0.39 is 5.97 Å². The highest BCUT2D eigenvalue weighted by Crippen LogP contribution is 2.33. The second kappa shape index (κ2) is 4.51. The topological polar surface area (TPSA) is 42.2 Å². The van der Waals surface area contributed by atoms with Crippen LogP contribution in [0.25, 0.3) is 0 Å². The van der Waals surface area contributed by atoms with E-state index in [-0.39, 0.29) is 0 Å². The van der Waals surface area contributed by atoms with Gasteiger partial charge in [-0.15, -0.1) is 0 Å². The van der Waals surface area contributed by atoms with Crippen molar-refractivity contribution < 1.29 is 9.90 Å². The number of carbonyl (C=O) groups is 1. The van der Waals surface area contributed by atoms with Crippen LogP contribution >= 0.6 is 0 Å². The first-order chi connectivity index (χ1) is 7.25. The van der Waals surface area contributed by atoms with Gasteiger partial charge in [0.05, 0.1) is 0 Å². The Hall–Kier alpha value is -1.25. The molecule has 0 aliphatic heterocycles. The Kier molecular flexibility index (Phi) is 3.09. The minimum Gasteiger partial charge on any atom is -0.481 e. The Labute approximate surface area is 89.7 Å². The lowest BCUT2D eigenvalue weighted by Crippen LogP contribution is -2.19. The molecule has 15 heavy (non-hydrogen) atoms. The first kappa shape index (κ1) is 10.3. The van der Waals surface area contributed by atoms with Crippen LogP contribution in [-0.4, -0.2) is 15.6 Å². The van der Waals surface area contributed by atoms with E-state index >= 15 is 0 Å². The lowest BCUT2D eigenvalue weighted by atomic mass is 9.84. The van der Waals surface area contributed by atoms with E-state index in [0.29, 0.717) is 18.4 Å². The van der Waals surface area contributed by atoms with E-state index in [4.69, 9.17) is 5.11 Å². The van der Waals surface area contributed by atoms with Crippen LogP contribution in [0.4, 0.5) is 0 Å². The van der Waals surface area contributed by atoms with Crippen molar-refractivity contribution in [2.24, 2.45) is 5.92 Å². The van der Waals surface area contributed by atoms with Crippen LogP contribution in [0.2, 0.25) is 0 Å². The number of nitrogens with zero attached hydrogens (tertiary/aromatic N) is 1. The van der Waals surface area contributed by atoms with Crippen molar-refractivity contribution in [3.05, 3.63) is 24.5 Å². The highest BCUT2D eigenvalue weighted by atomic mass is 16.4. The second-order valence-corrected chi connectivity index (χ2v) is 4.40. The minimum absolute atomic E-state index is 0.346. The molecular formula is C12H17NO2. The van der Waals surface area contributed by atoms with Crippen molar-refractivity contribution >= 4 is 5.97 Å². The number of rotatable bonds is 3. The smallest absolute Gasteiger partial charge is 0.303 e. The summed E-state index contributed by atoms with van der Waals surface area (Å²) < 4.78 is 2.25. The summed E-state index contributed by atoms with van der Waals surface area (Å²) in [6, 6.07) is 4.68. The number of hydrogen-bond donors (Lipinski definition) is 1. The van der Waals surface area contributed by atoms with Gasteiger partial charge in [-0.25, -0.2) is 0 Å². The molecule has 1 aliphatic rings. The van der Waals surface area contributed by atoms with Gasteiger partial charge in [-0.1, -0.05) is 0 Å². The third kappa shape index (κ3) is 2.61. The van der Waals surface area contributed by atoms with Gasteiger partial charge < -0.3 is 9.67 Å². The predicted octanol–water partition coefficient (Wildman–Crippen LogP) is 2.69. The van der Waals surface area contributed by atoms with Crippen molar-refractivity contribution in [2.75, 3.05) is 0 Å². The molecule has 0 aromatic carbocycles. The van der Waals surface area contributed by atoms with Gasteiger partial charge in [0.15, 0.2) is 0 Å². The summed E-state index contributed by atoms with van der Waals surface area (Å²) in [5.74, 6) is -0.256. The molecule has 1 aliphatic carbocycles. The number of carboxylic acid groups (broad SMARTS) is 1. The van der Waals surface area contributed by atoms with E-state index in [1.807, 2.05) is 12.1 Å². The van der Waals surface area contributed by atoms with Crippen LogP contribution in [0.15, 0.2) is 24.5 Å². The molecule has 0 amide bonds. The fourth-order valence-corrected chi connectivity index (χ4v) is 2.49. The van der Waals surface area contributed by atoms with Crippen LogP contribution in [-0.2, 0) is 4.79 Å². The van der Waals surface area contributed by atoms with Gasteiger partial charge in [-0.2, -0.15) is 0 Å². The van der Waals surface area contributed by atoms with Crippen LogP contribution in [0, 0.1) is 5.92 Å². The van der Waals surface area contributed by atoms with Crippen LogP contribution in [0.1, 0.15) is 38.1 Å². The average Bonchev–Trinajstić information content (AvgIpc) is 2.71. The molecule has 0 unspecified atom stereocenters. The van der Waals surface area contributed by atoms with Gasteiger partial charge >= 0.3 is 5.97 Å². The maximum absolute atomic E-state index is 10.6. The van der Waals surface area contributed by atoms with E-state index in [9.17, 15) is 4.79 Å². The Morgan fingerprint density at radius 3 is 2.33 bits per heavy atom. The summed E-state index contributed by atoms with van der Waals surface area (Å²) in [6.07, 6.45) is 8.88. The maximum Gasteiger partial charge on any atom is 0.303 e. The van der Waals surface area contributed by atoms with Gasteiger partial charge in [0.1, 0.15) is 0 Å². The number of aromatic nitrogens is 1. The lowest BCUT2D eigenvalue weighted by molar-refractivity contribution is -0.138. The second-order valence-electron chi connectivity index (χ2n) is 4.40. The molecule has 2 rings (SSSR count). The lowest BCUT2D eigenvalue weighted by Gasteiger charge is -2.28. The van der Waals surface area contributed by atoms with Crippen molar-refractivity contribution in [1.82, 2.24) is 4.57 Å². The van der Waals surface area contributed by atoms with Crippen LogP contribution < -0.4 is 0 Å². The Balaban J connectivity index is 1.84. The Bertz CT molecular complexity index is 310. The van der Waals surface area contributed by atoms with Crippen molar-refractivity contribution in [3.63, 3.8) is 0 Å². The molecule has 0 spiro atoms. The van der Waals surface area contributed by atoms with Gasteiger partial charge in [-0.3, -0.25) is 4.79 Å². The molecule has 1 saturated carbocycles. The zero-order valence-electron chi connectivity index (χ0n) is 8.80. The standard InChI is InChI=1S/C12H17NO2/c14-12(15)9-10-3-5-11(6-4-10)13-7-1-2-8-13/h1-2,7-8,10-11H,3-6,9H2,(H,14,15). The third-order valence-electron chi connectivity index (χ3n) is 3.33. The zero-order valence-corrected chi connectivity index (χ0v) is 8.80. The van der Waals surface area contributed by atoms with E-state index in [1.54, 1.807) is 0 Å². The zero-order chi connectivity index (χ0) is 10.7. The number of carboxylic acids is 1. The maximum atomic E-state index is 10.6. The molecule has 0 radical (unpaired) electrons. The first-order valence-corrected chi connectivity index (χ1v) is 5.60. The monoisotopic (exact) mass is 207 g/mol. The highest BCUT2D eigenvalue weighted by molar-refractivity contribution is 5.67. The van der Waals surface area contributed by atoms with Crippen LogP contribution in [0.3, 0.4) is 0 Å². The van der Waals surface area contributed by atoms with Gasteiger partial charge in [-0.05, 0) is 43.7 Å². The summed E-state index contributed by atoms with van der Waals surface area (Å²) in [6.45, 7) is 0. The fourth-order valence-electron chi connectivity index (χ4n) is 2.49. The fraction of sp³-hybridized carbons (Fsp3) is 0.583.